The van der Waals surface area contributed by atoms with Crippen LogP contribution in [-0.2, 0) is 11.3 Å². The number of hydrogen-bond acceptors (Lipinski definition) is 5. The minimum atomic E-state index is -0.0268. The molecule has 1 heterocycles. The topological polar surface area (TPSA) is 60.0 Å². The largest absolute Gasteiger partial charge is 0.492 e. The molecule has 6 nitrogen and oxygen atoms in total. The van der Waals surface area contributed by atoms with Gasteiger partial charge in [0.2, 0.25) is 12.7 Å². The first-order valence-electron chi connectivity index (χ1n) is 8.63. The van der Waals surface area contributed by atoms with Crippen LogP contribution in [0.1, 0.15) is 11.1 Å². The molecule has 0 atom stereocenters. The van der Waals surface area contributed by atoms with Crippen LogP contribution < -0.4 is 19.5 Å². The van der Waals surface area contributed by atoms with Crippen molar-refractivity contribution in [2.45, 2.75) is 13.5 Å². The first-order chi connectivity index (χ1) is 12.6. The number of hydrogen-bond donors (Lipinski definition) is 1. The number of fused-ring (bicyclic) bond motifs is 1. The van der Waals surface area contributed by atoms with Crippen LogP contribution in [0.5, 0.6) is 17.2 Å². The number of ether oxygens (including phenoxy) is 3. The molecular weight excluding hydrogens is 332 g/mol. The molecule has 138 valence electrons. The lowest BCUT2D eigenvalue weighted by Crippen LogP contribution is -2.36. The van der Waals surface area contributed by atoms with Gasteiger partial charge in [-0.25, -0.2) is 0 Å². The Morgan fingerprint density at radius 2 is 2.04 bits per heavy atom. The van der Waals surface area contributed by atoms with Crippen LogP contribution in [0.2, 0.25) is 0 Å². The van der Waals surface area contributed by atoms with Crippen molar-refractivity contribution in [2.24, 2.45) is 0 Å². The van der Waals surface area contributed by atoms with Gasteiger partial charge >= 0.3 is 0 Å². The van der Waals surface area contributed by atoms with Gasteiger partial charge in [-0.3, -0.25) is 9.69 Å². The molecule has 0 spiro atoms. The van der Waals surface area contributed by atoms with E-state index in [9.17, 15) is 4.79 Å². The summed E-state index contributed by atoms with van der Waals surface area (Å²) in [6, 6.07) is 13.7. The van der Waals surface area contributed by atoms with E-state index in [0.717, 1.165) is 28.4 Å². The first kappa shape index (κ1) is 18.1. The van der Waals surface area contributed by atoms with E-state index in [1.54, 1.807) is 0 Å². The van der Waals surface area contributed by atoms with Crippen molar-refractivity contribution in [1.29, 1.82) is 0 Å². The molecule has 1 amide bonds. The average Bonchev–Trinajstić information content (AvgIpc) is 3.06. The summed E-state index contributed by atoms with van der Waals surface area (Å²) in [4.78, 5) is 14.0. The van der Waals surface area contributed by atoms with Crippen molar-refractivity contribution < 1.29 is 19.0 Å². The highest BCUT2D eigenvalue weighted by Crippen LogP contribution is 2.32. The number of amides is 1. The molecule has 0 saturated heterocycles. The van der Waals surface area contributed by atoms with Crippen molar-refractivity contribution in [3.8, 4) is 17.2 Å². The number of rotatable bonds is 8. The van der Waals surface area contributed by atoms with Crippen LogP contribution >= 0.6 is 0 Å². The van der Waals surface area contributed by atoms with Crippen LogP contribution in [0, 0.1) is 6.92 Å². The number of carbonyl (C=O) groups is 1. The highest BCUT2D eigenvalue weighted by atomic mass is 16.7. The molecule has 0 fully saturated rings. The van der Waals surface area contributed by atoms with Gasteiger partial charge in [0.25, 0.3) is 0 Å². The molecule has 6 heteroatoms. The van der Waals surface area contributed by atoms with E-state index in [1.165, 1.54) is 0 Å². The monoisotopic (exact) mass is 356 g/mol. The lowest BCUT2D eigenvalue weighted by molar-refractivity contribution is -0.122. The van der Waals surface area contributed by atoms with Crippen LogP contribution in [0.4, 0.5) is 0 Å². The Balaban J connectivity index is 1.36. The fraction of sp³-hybridized carbons (Fsp3) is 0.350. The molecule has 26 heavy (non-hydrogen) atoms. The summed E-state index contributed by atoms with van der Waals surface area (Å²) in [7, 11) is 1.91. The minimum Gasteiger partial charge on any atom is -0.492 e. The molecule has 0 aromatic heterocycles. The molecule has 1 aliphatic rings. The fourth-order valence-electron chi connectivity index (χ4n) is 2.77. The van der Waals surface area contributed by atoms with E-state index in [0.29, 0.717) is 26.2 Å². The maximum atomic E-state index is 12.0. The molecule has 3 rings (SSSR count). The summed E-state index contributed by atoms with van der Waals surface area (Å²) in [5.74, 6) is 2.32. The highest BCUT2D eigenvalue weighted by molar-refractivity contribution is 5.77. The van der Waals surface area contributed by atoms with E-state index >= 15 is 0 Å². The Bertz CT molecular complexity index is 763. The van der Waals surface area contributed by atoms with Gasteiger partial charge in [0.15, 0.2) is 11.5 Å². The first-order valence-corrected chi connectivity index (χ1v) is 8.63. The third-order valence-electron chi connectivity index (χ3n) is 3.99. The zero-order chi connectivity index (χ0) is 18.4. The number of nitrogens with zero attached hydrogens (tertiary/aromatic N) is 1. The van der Waals surface area contributed by atoms with Gasteiger partial charge in [-0.15, -0.1) is 0 Å². The summed E-state index contributed by atoms with van der Waals surface area (Å²) >= 11 is 0. The Morgan fingerprint density at radius 1 is 1.19 bits per heavy atom. The second-order valence-corrected chi connectivity index (χ2v) is 6.37. The predicted molar refractivity (Wildman–Crippen MR) is 98.6 cm³/mol. The summed E-state index contributed by atoms with van der Waals surface area (Å²) in [6.07, 6.45) is 0. The van der Waals surface area contributed by atoms with Gasteiger partial charge in [-0.2, -0.15) is 0 Å². The predicted octanol–water partition coefficient (Wildman–Crippen LogP) is 2.35. The van der Waals surface area contributed by atoms with Gasteiger partial charge in [0, 0.05) is 6.54 Å². The second kappa shape index (κ2) is 8.58. The molecule has 1 N–H and O–H groups in total. The van der Waals surface area contributed by atoms with Gasteiger partial charge in [-0.1, -0.05) is 18.2 Å². The van der Waals surface area contributed by atoms with Gasteiger partial charge < -0.3 is 19.5 Å². The van der Waals surface area contributed by atoms with E-state index in [4.69, 9.17) is 14.2 Å². The maximum absolute atomic E-state index is 12.0. The molecule has 0 aliphatic carbocycles. The molecule has 2 aromatic rings. The minimum absolute atomic E-state index is 0.0268. The third kappa shape index (κ3) is 5.13. The van der Waals surface area contributed by atoms with Crippen molar-refractivity contribution in [2.75, 3.05) is 33.5 Å². The van der Waals surface area contributed by atoms with Crippen molar-refractivity contribution in [3.05, 3.63) is 53.6 Å². The van der Waals surface area contributed by atoms with Crippen molar-refractivity contribution in [3.63, 3.8) is 0 Å². The van der Waals surface area contributed by atoms with Crippen LogP contribution in [0.15, 0.2) is 42.5 Å². The standard InChI is InChI=1S/C20H24N2O4/c1-15-4-3-5-17(10-15)24-9-8-21-20(23)13-22(2)12-16-6-7-18-19(11-16)26-14-25-18/h3-7,10-11H,8-9,12-14H2,1-2H3,(H,21,23). The number of carbonyl (C=O) groups excluding carboxylic acids is 1. The number of likely N-dealkylation sites (N-methyl/N-ethyl adjacent to an activating group) is 1. The molecule has 0 radical (unpaired) electrons. The lowest BCUT2D eigenvalue weighted by atomic mass is 10.2. The zero-order valence-corrected chi connectivity index (χ0v) is 15.2. The third-order valence-corrected chi connectivity index (χ3v) is 3.99. The van der Waals surface area contributed by atoms with E-state index in [2.05, 4.69) is 5.32 Å². The maximum Gasteiger partial charge on any atom is 0.234 e. The number of nitrogens with one attached hydrogen (secondary N) is 1. The summed E-state index contributed by atoms with van der Waals surface area (Å²) in [6.45, 7) is 4.18. The van der Waals surface area contributed by atoms with Crippen molar-refractivity contribution in [1.82, 2.24) is 10.2 Å². The second-order valence-electron chi connectivity index (χ2n) is 6.37. The average molecular weight is 356 g/mol. The summed E-state index contributed by atoms with van der Waals surface area (Å²) < 4.78 is 16.3. The molecule has 0 saturated carbocycles. The Morgan fingerprint density at radius 3 is 2.88 bits per heavy atom. The summed E-state index contributed by atoms with van der Waals surface area (Å²) in [5.41, 5.74) is 2.23. The summed E-state index contributed by atoms with van der Waals surface area (Å²) in [5, 5.41) is 2.88. The Labute approximate surface area is 153 Å². The number of aryl methyl sites for hydroxylation is 1. The normalized spacial score (nSPS) is 12.3. The molecule has 0 unspecified atom stereocenters. The quantitative estimate of drug-likeness (QED) is 0.736. The Hall–Kier alpha value is -2.73. The molecular formula is C20H24N2O4. The van der Waals surface area contributed by atoms with Gasteiger partial charge in [-0.05, 0) is 49.4 Å². The molecule has 2 aromatic carbocycles. The van der Waals surface area contributed by atoms with Crippen LogP contribution in [-0.4, -0.2) is 44.3 Å². The van der Waals surface area contributed by atoms with Gasteiger partial charge in [0.05, 0.1) is 13.1 Å². The number of benzene rings is 2. The van der Waals surface area contributed by atoms with Crippen LogP contribution in [0.3, 0.4) is 0 Å². The SMILES string of the molecule is Cc1cccc(OCCNC(=O)CN(C)Cc2ccc3c(c2)OCO3)c1. The van der Waals surface area contributed by atoms with Gasteiger partial charge in [0.1, 0.15) is 12.4 Å². The smallest absolute Gasteiger partial charge is 0.234 e. The highest BCUT2D eigenvalue weighted by Gasteiger charge is 2.14. The molecule has 1 aliphatic heterocycles. The Kier molecular flexibility index (Phi) is 5.96. The fourth-order valence-corrected chi connectivity index (χ4v) is 2.77. The molecule has 0 bridgehead atoms. The van der Waals surface area contributed by atoms with E-state index in [-0.39, 0.29) is 12.7 Å². The zero-order valence-electron chi connectivity index (χ0n) is 15.2. The van der Waals surface area contributed by atoms with E-state index < -0.39 is 0 Å². The van der Waals surface area contributed by atoms with E-state index in [1.807, 2.05) is 61.3 Å². The van der Waals surface area contributed by atoms with Crippen molar-refractivity contribution >= 4 is 5.91 Å². The van der Waals surface area contributed by atoms with Crippen LogP contribution in [0.25, 0.3) is 0 Å². The lowest BCUT2D eigenvalue weighted by Gasteiger charge is -2.16.